The van der Waals surface area contributed by atoms with Gasteiger partial charge in [0, 0.05) is 25.7 Å². The first-order valence-electron chi connectivity index (χ1n) is 5.12. The summed E-state index contributed by atoms with van der Waals surface area (Å²) in [5.41, 5.74) is 7.31. The van der Waals surface area contributed by atoms with Gasteiger partial charge in [0.2, 0.25) is 0 Å². The van der Waals surface area contributed by atoms with Gasteiger partial charge in [0.1, 0.15) is 5.82 Å². The maximum absolute atomic E-state index is 13.3. The fraction of sp³-hybridized carbons (Fsp3) is 0.273. The molecule has 4 nitrogen and oxygen atoms in total. The maximum Gasteiger partial charge on any atom is 0.142 e. The SMILES string of the molecule is Cn1cc(CC(N)c2cccc(F)c2Cl)nn1. The third-order valence-electron chi connectivity index (χ3n) is 2.46. The van der Waals surface area contributed by atoms with Crippen molar-refractivity contribution in [1.29, 1.82) is 0 Å². The molecule has 0 aliphatic heterocycles. The minimum Gasteiger partial charge on any atom is -0.324 e. The molecule has 2 rings (SSSR count). The average molecular weight is 255 g/mol. The summed E-state index contributed by atoms with van der Waals surface area (Å²) in [6, 6.07) is 4.22. The van der Waals surface area contributed by atoms with Crippen LogP contribution in [0.1, 0.15) is 17.3 Å². The zero-order valence-corrected chi connectivity index (χ0v) is 10.0. The van der Waals surface area contributed by atoms with Crippen molar-refractivity contribution in [3.05, 3.63) is 46.5 Å². The molecule has 2 aromatic rings. The zero-order chi connectivity index (χ0) is 12.4. The Labute approximate surface area is 103 Å². The second-order valence-electron chi connectivity index (χ2n) is 3.84. The third-order valence-corrected chi connectivity index (χ3v) is 2.86. The van der Waals surface area contributed by atoms with Gasteiger partial charge in [-0.3, -0.25) is 4.68 Å². The lowest BCUT2D eigenvalue weighted by Gasteiger charge is -2.12. The lowest BCUT2D eigenvalue weighted by Crippen LogP contribution is -2.14. The van der Waals surface area contributed by atoms with Gasteiger partial charge in [0.05, 0.1) is 10.7 Å². The summed E-state index contributed by atoms with van der Waals surface area (Å²) in [5, 5.41) is 7.81. The summed E-state index contributed by atoms with van der Waals surface area (Å²) in [6.07, 6.45) is 2.24. The van der Waals surface area contributed by atoms with Crippen LogP contribution in [0.2, 0.25) is 5.02 Å². The van der Waals surface area contributed by atoms with Crippen molar-refractivity contribution in [1.82, 2.24) is 15.0 Å². The Bertz CT molecular complexity index is 526. The molecular formula is C11H12ClFN4. The Hall–Kier alpha value is -1.46. The van der Waals surface area contributed by atoms with Crippen LogP contribution in [0.5, 0.6) is 0 Å². The van der Waals surface area contributed by atoms with Gasteiger partial charge in [-0.2, -0.15) is 0 Å². The summed E-state index contributed by atoms with van der Waals surface area (Å²) in [7, 11) is 1.77. The molecular weight excluding hydrogens is 243 g/mol. The number of hydrogen-bond acceptors (Lipinski definition) is 3. The lowest BCUT2D eigenvalue weighted by molar-refractivity contribution is 0.618. The van der Waals surface area contributed by atoms with Crippen LogP contribution in [-0.2, 0) is 13.5 Å². The summed E-state index contributed by atoms with van der Waals surface area (Å²) < 4.78 is 14.9. The van der Waals surface area contributed by atoms with Crippen LogP contribution >= 0.6 is 11.6 Å². The van der Waals surface area contributed by atoms with E-state index in [4.69, 9.17) is 17.3 Å². The number of nitrogens with zero attached hydrogens (tertiary/aromatic N) is 3. The molecule has 6 heteroatoms. The highest BCUT2D eigenvalue weighted by Gasteiger charge is 2.14. The van der Waals surface area contributed by atoms with E-state index in [1.54, 1.807) is 30.1 Å². The summed E-state index contributed by atoms with van der Waals surface area (Å²) in [5.74, 6) is -0.459. The Balaban J connectivity index is 2.20. The molecule has 1 atom stereocenters. The molecule has 1 unspecified atom stereocenters. The maximum atomic E-state index is 13.3. The number of aromatic nitrogens is 3. The van der Waals surface area contributed by atoms with Crippen LogP contribution in [0.15, 0.2) is 24.4 Å². The highest BCUT2D eigenvalue weighted by Crippen LogP contribution is 2.25. The highest BCUT2D eigenvalue weighted by molar-refractivity contribution is 6.31. The first-order chi connectivity index (χ1) is 8.08. The Morgan fingerprint density at radius 1 is 1.53 bits per heavy atom. The summed E-state index contributed by atoms with van der Waals surface area (Å²) in [4.78, 5) is 0. The van der Waals surface area contributed by atoms with Gasteiger partial charge in [-0.05, 0) is 11.6 Å². The van der Waals surface area contributed by atoms with Gasteiger partial charge < -0.3 is 5.73 Å². The number of aryl methyl sites for hydroxylation is 1. The van der Waals surface area contributed by atoms with E-state index in [0.29, 0.717) is 12.0 Å². The van der Waals surface area contributed by atoms with E-state index in [0.717, 1.165) is 5.69 Å². The molecule has 0 amide bonds. The highest BCUT2D eigenvalue weighted by atomic mass is 35.5. The normalized spacial score (nSPS) is 12.7. The molecule has 1 heterocycles. The predicted molar refractivity (Wildman–Crippen MR) is 63.0 cm³/mol. The first-order valence-corrected chi connectivity index (χ1v) is 5.50. The van der Waals surface area contributed by atoms with Crippen LogP contribution in [0, 0.1) is 5.82 Å². The Morgan fingerprint density at radius 3 is 2.94 bits per heavy atom. The topological polar surface area (TPSA) is 56.7 Å². The van der Waals surface area contributed by atoms with Crippen molar-refractivity contribution >= 4 is 11.6 Å². The van der Waals surface area contributed by atoms with Crippen molar-refractivity contribution in [2.75, 3.05) is 0 Å². The molecule has 1 aromatic carbocycles. The summed E-state index contributed by atoms with van der Waals surface area (Å²) >= 11 is 5.86. The quantitative estimate of drug-likeness (QED) is 0.910. The van der Waals surface area contributed by atoms with Gasteiger partial charge in [-0.15, -0.1) is 5.10 Å². The smallest absolute Gasteiger partial charge is 0.142 e. The van der Waals surface area contributed by atoms with E-state index in [-0.39, 0.29) is 5.02 Å². The summed E-state index contributed by atoms with van der Waals surface area (Å²) in [6.45, 7) is 0. The lowest BCUT2D eigenvalue weighted by atomic mass is 10.0. The standard InChI is InChI=1S/C11H12ClFN4/c1-17-6-7(15-16-17)5-10(14)8-3-2-4-9(13)11(8)12/h2-4,6,10H,5,14H2,1H3. The molecule has 0 spiro atoms. The molecule has 90 valence electrons. The fourth-order valence-corrected chi connectivity index (χ4v) is 1.90. The van der Waals surface area contributed by atoms with E-state index >= 15 is 0 Å². The molecule has 0 radical (unpaired) electrons. The molecule has 0 saturated carbocycles. The van der Waals surface area contributed by atoms with E-state index in [1.807, 2.05) is 0 Å². The van der Waals surface area contributed by atoms with E-state index in [1.165, 1.54) is 6.07 Å². The van der Waals surface area contributed by atoms with Crippen LogP contribution in [0.4, 0.5) is 4.39 Å². The molecule has 1 aromatic heterocycles. The van der Waals surface area contributed by atoms with Crippen LogP contribution in [0.3, 0.4) is 0 Å². The van der Waals surface area contributed by atoms with Crippen LogP contribution in [-0.4, -0.2) is 15.0 Å². The minimum atomic E-state index is -0.459. The average Bonchev–Trinajstić information content (AvgIpc) is 2.68. The van der Waals surface area contributed by atoms with Crippen molar-refractivity contribution in [3.63, 3.8) is 0 Å². The number of benzene rings is 1. The number of rotatable bonds is 3. The van der Waals surface area contributed by atoms with Crippen molar-refractivity contribution in [2.45, 2.75) is 12.5 Å². The van der Waals surface area contributed by atoms with E-state index < -0.39 is 11.9 Å². The predicted octanol–water partition coefficient (Wildman–Crippen LogP) is 1.85. The second kappa shape index (κ2) is 4.81. The molecule has 0 aliphatic carbocycles. The van der Waals surface area contributed by atoms with Gasteiger partial charge in [0.15, 0.2) is 0 Å². The van der Waals surface area contributed by atoms with Gasteiger partial charge in [-0.1, -0.05) is 28.9 Å². The van der Waals surface area contributed by atoms with Gasteiger partial charge >= 0.3 is 0 Å². The molecule has 17 heavy (non-hydrogen) atoms. The minimum absolute atomic E-state index is 0.0730. The molecule has 0 aliphatic rings. The molecule has 0 saturated heterocycles. The Morgan fingerprint density at radius 2 is 2.29 bits per heavy atom. The second-order valence-corrected chi connectivity index (χ2v) is 4.22. The van der Waals surface area contributed by atoms with Gasteiger partial charge in [0.25, 0.3) is 0 Å². The van der Waals surface area contributed by atoms with Crippen molar-refractivity contribution < 1.29 is 4.39 Å². The molecule has 2 N–H and O–H groups in total. The van der Waals surface area contributed by atoms with Crippen molar-refractivity contribution in [3.8, 4) is 0 Å². The number of halogens is 2. The monoisotopic (exact) mass is 254 g/mol. The van der Waals surface area contributed by atoms with Gasteiger partial charge in [-0.25, -0.2) is 4.39 Å². The first kappa shape index (κ1) is 12.0. The van der Waals surface area contributed by atoms with E-state index in [9.17, 15) is 4.39 Å². The largest absolute Gasteiger partial charge is 0.324 e. The third kappa shape index (κ3) is 2.62. The Kier molecular flexibility index (Phi) is 3.40. The van der Waals surface area contributed by atoms with Crippen LogP contribution < -0.4 is 5.73 Å². The van der Waals surface area contributed by atoms with Crippen molar-refractivity contribution in [2.24, 2.45) is 12.8 Å². The number of hydrogen-bond donors (Lipinski definition) is 1. The van der Waals surface area contributed by atoms with Crippen LogP contribution in [0.25, 0.3) is 0 Å². The number of nitrogens with two attached hydrogens (primary N) is 1. The fourth-order valence-electron chi connectivity index (χ4n) is 1.63. The zero-order valence-electron chi connectivity index (χ0n) is 9.27. The molecule has 0 bridgehead atoms. The molecule has 0 fully saturated rings. The van der Waals surface area contributed by atoms with E-state index in [2.05, 4.69) is 10.3 Å².